The molecule has 0 radical (unpaired) electrons. The van der Waals surface area contributed by atoms with Crippen LogP contribution in [0.2, 0.25) is 0 Å². The van der Waals surface area contributed by atoms with Gasteiger partial charge >= 0.3 is 0 Å². The van der Waals surface area contributed by atoms with E-state index in [9.17, 15) is 4.39 Å². The number of hydrogen-bond donors (Lipinski definition) is 2. The monoisotopic (exact) mass is 510 g/mol. The summed E-state index contributed by atoms with van der Waals surface area (Å²) in [6, 6.07) is 25.2. The Balaban J connectivity index is 1.24. The predicted octanol–water partition coefficient (Wildman–Crippen LogP) is 7.15. The Hall–Kier alpha value is -5.17. The molecule has 0 aliphatic carbocycles. The van der Waals surface area contributed by atoms with Gasteiger partial charge in [-0.3, -0.25) is 10.1 Å². The van der Waals surface area contributed by atoms with Crippen molar-refractivity contribution in [2.75, 3.05) is 0 Å². The molecule has 7 heteroatoms. The summed E-state index contributed by atoms with van der Waals surface area (Å²) in [6.45, 7) is 0. The fraction of sp³-hybridized carbons (Fsp3) is 0.0625. The van der Waals surface area contributed by atoms with Crippen LogP contribution in [-0.2, 0) is 12.8 Å². The summed E-state index contributed by atoms with van der Waals surface area (Å²) in [5.41, 5.74) is 9.15. The molecule has 6 nitrogen and oxygen atoms in total. The van der Waals surface area contributed by atoms with Crippen LogP contribution in [0.4, 0.5) is 4.39 Å². The van der Waals surface area contributed by atoms with Gasteiger partial charge in [0.1, 0.15) is 11.5 Å². The summed E-state index contributed by atoms with van der Waals surface area (Å²) < 4.78 is 13.9. The highest BCUT2D eigenvalue weighted by atomic mass is 19.1. The molecule has 7 rings (SSSR count). The van der Waals surface area contributed by atoms with Crippen molar-refractivity contribution >= 4 is 22.1 Å². The first-order chi connectivity index (χ1) is 19.2. The number of aryl methyl sites for hydroxylation is 2. The van der Waals surface area contributed by atoms with E-state index in [-0.39, 0.29) is 5.82 Å². The average Bonchev–Trinajstić information content (AvgIpc) is 3.60. The van der Waals surface area contributed by atoms with Crippen molar-refractivity contribution in [2.24, 2.45) is 0 Å². The zero-order valence-electron chi connectivity index (χ0n) is 20.9. The molecule has 2 N–H and O–H groups in total. The number of aromatic amines is 2. The predicted molar refractivity (Wildman–Crippen MR) is 151 cm³/mol. The molecule has 0 amide bonds. The minimum Gasteiger partial charge on any atom is -0.338 e. The molecule has 0 saturated carbocycles. The van der Waals surface area contributed by atoms with Crippen molar-refractivity contribution in [1.82, 2.24) is 30.1 Å². The van der Waals surface area contributed by atoms with E-state index in [0.717, 1.165) is 57.3 Å². The minimum absolute atomic E-state index is 0.273. The maximum Gasteiger partial charge on any atom is 0.181 e. The van der Waals surface area contributed by atoms with E-state index in [2.05, 4.69) is 66.5 Å². The van der Waals surface area contributed by atoms with Crippen LogP contribution in [-0.4, -0.2) is 30.1 Å². The number of nitrogens with zero attached hydrogens (tertiary/aromatic N) is 4. The highest BCUT2D eigenvalue weighted by Crippen LogP contribution is 2.34. The zero-order chi connectivity index (χ0) is 26.2. The summed E-state index contributed by atoms with van der Waals surface area (Å²) in [5, 5.41) is 9.36. The van der Waals surface area contributed by atoms with E-state index < -0.39 is 0 Å². The molecule has 0 aliphatic heterocycles. The quantitative estimate of drug-likeness (QED) is 0.249. The molecular formula is C32H23FN6. The third-order valence-corrected chi connectivity index (χ3v) is 7.02. The van der Waals surface area contributed by atoms with Crippen LogP contribution in [0.15, 0.2) is 104 Å². The molecule has 0 saturated heterocycles. The van der Waals surface area contributed by atoms with E-state index >= 15 is 0 Å². The third kappa shape index (κ3) is 4.44. The first-order valence-electron chi connectivity index (χ1n) is 12.8. The Labute approximate surface area is 223 Å². The van der Waals surface area contributed by atoms with E-state index in [0.29, 0.717) is 11.3 Å². The van der Waals surface area contributed by atoms with Gasteiger partial charge in [-0.25, -0.2) is 14.4 Å². The number of hydrogen-bond acceptors (Lipinski definition) is 4. The lowest BCUT2D eigenvalue weighted by molar-refractivity contribution is 0.628. The number of benzene rings is 2. The van der Waals surface area contributed by atoms with E-state index in [4.69, 9.17) is 0 Å². The first-order valence-corrected chi connectivity index (χ1v) is 12.8. The smallest absolute Gasteiger partial charge is 0.181 e. The van der Waals surface area contributed by atoms with Crippen molar-refractivity contribution in [3.63, 3.8) is 0 Å². The summed E-state index contributed by atoms with van der Waals surface area (Å²) >= 11 is 0. The molecule has 0 atom stereocenters. The topological polar surface area (TPSA) is 83.1 Å². The highest BCUT2D eigenvalue weighted by molar-refractivity contribution is 5.99. The number of halogens is 1. The highest BCUT2D eigenvalue weighted by Gasteiger charge is 2.15. The largest absolute Gasteiger partial charge is 0.338 e. The molecule has 5 aromatic heterocycles. The normalized spacial score (nSPS) is 11.4. The van der Waals surface area contributed by atoms with Gasteiger partial charge in [-0.05, 0) is 71.5 Å². The SMILES string of the molecule is Fc1cccc(-c2ccnc3[nH]c(-c4[nH]nc5ncc(-c6cncc(CCc7ccccc7)c6)cc45)cc23)c1. The number of rotatable bonds is 6. The van der Waals surface area contributed by atoms with Crippen molar-refractivity contribution < 1.29 is 4.39 Å². The molecule has 5 heterocycles. The van der Waals surface area contributed by atoms with Gasteiger partial charge in [0.15, 0.2) is 5.65 Å². The maximum atomic E-state index is 13.9. The van der Waals surface area contributed by atoms with Crippen LogP contribution in [0, 0.1) is 5.82 Å². The summed E-state index contributed by atoms with van der Waals surface area (Å²) in [6.07, 6.45) is 9.22. The van der Waals surface area contributed by atoms with Gasteiger partial charge in [0.05, 0.1) is 11.4 Å². The second-order valence-electron chi connectivity index (χ2n) is 9.58. The Bertz CT molecular complexity index is 1940. The molecule has 0 fully saturated rings. The van der Waals surface area contributed by atoms with Crippen LogP contribution in [0.3, 0.4) is 0 Å². The Morgan fingerprint density at radius 1 is 0.692 bits per heavy atom. The molecule has 188 valence electrons. The number of pyridine rings is 3. The summed E-state index contributed by atoms with van der Waals surface area (Å²) in [7, 11) is 0. The average molecular weight is 511 g/mol. The van der Waals surface area contributed by atoms with E-state index in [1.54, 1.807) is 12.3 Å². The van der Waals surface area contributed by atoms with Crippen LogP contribution in [0.5, 0.6) is 0 Å². The fourth-order valence-electron chi connectivity index (χ4n) is 5.05. The molecule has 0 bridgehead atoms. The van der Waals surface area contributed by atoms with Gasteiger partial charge in [-0.1, -0.05) is 42.5 Å². The van der Waals surface area contributed by atoms with E-state index in [1.807, 2.05) is 42.9 Å². The number of aromatic nitrogens is 6. The van der Waals surface area contributed by atoms with Crippen molar-refractivity contribution in [1.29, 1.82) is 0 Å². The van der Waals surface area contributed by atoms with Gasteiger partial charge in [0.25, 0.3) is 0 Å². The summed E-state index contributed by atoms with van der Waals surface area (Å²) in [5.74, 6) is -0.273. The van der Waals surface area contributed by atoms with Gasteiger partial charge in [-0.15, -0.1) is 0 Å². The second-order valence-corrected chi connectivity index (χ2v) is 9.58. The summed E-state index contributed by atoms with van der Waals surface area (Å²) in [4.78, 5) is 17.0. The third-order valence-electron chi connectivity index (χ3n) is 7.02. The molecular weight excluding hydrogens is 487 g/mol. The van der Waals surface area contributed by atoms with Crippen molar-refractivity contribution in [3.05, 3.63) is 121 Å². The van der Waals surface area contributed by atoms with Gasteiger partial charge in [0, 0.05) is 46.7 Å². The van der Waals surface area contributed by atoms with Crippen LogP contribution < -0.4 is 0 Å². The first kappa shape index (κ1) is 23.0. The molecule has 7 aromatic rings. The van der Waals surface area contributed by atoms with Crippen LogP contribution >= 0.6 is 0 Å². The molecule has 39 heavy (non-hydrogen) atoms. The van der Waals surface area contributed by atoms with Gasteiger partial charge in [0.2, 0.25) is 0 Å². The number of H-pyrrole nitrogens is 2. The van der Waals surface area contributed by atoms with Crippen LogP contribution in [0.1, 0.15) is 11.1 Å². The van der Waals surface area contributed by atoms with Crippen LogP contribution in [0.25, 0.3) is 55.7 Å². The second kappa shape index (κ2) is 9.61. The zero-order valence-corrected chi connectivity index (χ0v) is 20.9. The number of fused-ring (bicyclic) bond motifs is 2. The molecule has 2 aromatic carbocycles. The standard InChI is InChI=1S/C32H23FN6/c33-25-8-4-7-22(14-25)26-11-12-35-31-27(26)16-29(37-31)30-28-15-24(19-36-32(28)39-38-30)23-13-21(17-34-18-23)10-9-20-5-2-1-3-6-20/h1-8,11-19H,9-10H2,(H,35,37)(H,36,38,39). The minimum atomic E-state index is -0.273. The lowest BCUT2D eigenvalue weighted by atomic mass is 10.0. The Kier molecular flexibility index (Phi) is 5.66. The van der Waals surface area contributed by atoms with Crippen molar-refractivity contribution in [2.45, 2.75) is 12.8 Å². The fourth-order valence-corrected chi connectivity index (χ4v) is 5.05. The van der Waals surface area contributed by atoms with Gasteiger partial charge in [-0.2, -0.15) is 5.10 Å². The van der Waals surface area contributed by atoms with Gasteiger partial charge < -0.3 is 4.98 Å². The van der Waals surface area contributed by atoms with Crippen molar-refractivity contribution in [3.8, 4) is 33.6 Å². The lowest BCUT2D eigenvalue weighted by Crippen LogP contribution is -1.93. The Morgan fingerprint density at radius 2 is 1.56 bits per heavy atom. The maximum absolute atomic E-state index is 13.9. The van der Waals surface area contributed by atoms with E-state index in [1.165, 1.54) is 23.3 Å². The molecule has 0 unspecified atom stereocenters. The molecule has 0 aliphatic rings. The lowest BCUT2D eigenvalue weighted by Gasteiger charge is -2.06. The number of nitrogens with one attached hydrogen (secondary N) is 2. The Morgan fingerprint density at radius 3 is 2.46 bits per heavy atom. The molecule has 0 spiro atoms.